The van der Waals surface area contributed by atoms with E-state index in [0.717, 1.165) is 13.0 Å². The number of nitrogens with zero attached hydrogens (tertiary/aromatic N) is 2. The standard InChI is InChI=1S/C20H30N2O6/c1-2-3-4-5-6-8-26-9-7-15-10-14-12-22(20(25)21-19(14)27-15)18-11-16(24)17(13-23)28-18/h10,12,16-18,23-24H,2-9,11,13H2,1H3. The predicted molar refractivity (Wildman–Crippen MR) is 103 cm³/mol. The summed E-state index contributed by atoms with van der Waals surface area (Å²) in [5.41, 5.74) is -0.222. The fraction of sp³-hybridized carbons (Fsp3) is 0.700. The van der Waals surface area contributed by atoms with Crippen molar-refractivity contribution < 1.29 is 24.1 Å². The molecule has 2 aromatic heterocycles. The van der Waals surface area contributed by atoms with E-state index in [1.54, 1.807) is 6.20 Å². The van der Waals surface area contributed by atoms with Gasteiger partial charge in [-0.25, -0.2) is 4.79 Å². The third-order valence-corrected chi connectivity index (χ3v) is 5.07. The van der Waals surface area contributed by atoms with Gasteiger partial charge in [0.05, 0.1) is 24.7 Å². The van der Waals surface area contributed by atoms with Gasteiger partial charge >= 0.3 is 5.69 Å². The van der Waals surface area contributed by atoms with E-state index in [1.807, 2.05) is 6.07 Å². The summed E-state index contributed by atoms with van der Waals surface area (Å²) in [6, 6.07) is 1.85. The second-order valence-corrected chi connectivity index (χ2v) is 7.30. The van der Waals surface area contributed by atoms with Crippen LogP contribution in [0.2, 0.25) is 0 Å². The van der Waals surface area contributed by atoms with E-state index in [4.69, 9.17) is 13.9 Å². The number of aromatic nitrogens is 2. The number of aliphatic hydroxyl groups is 2. The fourth-order valence-electron chi connectivity index (χ4n) is 3.44. The van der Waals surface area contributed by atoms with Crippen LogP contribution < -0.4 is 5.69 Å². The van der Waals surface area contributed by atoms with Crippen LogP contribution in [-0.4, -0.2) is 51.8 Å². The van der Waals surface area contributed by atoms with Crippen LogP contribution in [0, 0.1) is 0 Å². The zero-order valence-corrected chi connectivity index (χ0v) is 16.4. The largest absolute Gasteiger partial charge is 0.442 e. The topological polar surface area (TPSA) is 107 Å². The summed E-state index contributed by atoms with van der Waals surface area (Å²) in [6.07, 6.45) is 6.37. The predicted octanol–water partition coefficient (Wildman–Crippen LogP) is 2.16. The van der Waals surface area contributed by atoms with Gasteiger partial charge in [0.2, 0.25) is 5.71 Å². The summed E-state index contributed by atoms with van der Waals surface area (Å²) in [6.45, 7) is 3.22. The Labute approximate surface area is 164 Å². The first-order valence-electron chi connectivity index (χ1n) is 10.2. The highest BCUT2D eigenvalue weighted by Crippen LogP contribution is 2.28. The molecule has 3 atom stereocenters. The fourth-order valence-corrected chi connectivity index (χ4v) is 3.44. The molecule has 3 unspecified atom stereocenters. The molecule has 8 heteroatoms. The van der Waals surface area contributed by atoms with Crippen LogP contribution >= 0.6 is 0 Å². The van der Waals surface area contributed by atoms with Crippen molar-refractivity contribution in [2.75, 3.05) is 19.8 Å². The van der Waals surface area contributed by atoms with Crippen LogP contribution in [0.5, 0.6) is 0 Å². The molecule has 1 saturated heterocycles. The van der Waals surface area contributed by atoms with Gasteiger partial charge in [-0.15, -0.1) is 0 Å². The Hall–Kier alpha value is -1.74. The Bertz CT molecular complexity index is 802. The molecule has 1 fully saturated rings. The molecule has 0 aromatic carbocycles. The smallest absolute Gasteiger partial charge is 0.353 e. The minimum atomic E-state index is -0.809. The number of fused-ring (bicyclic) bond motifs is 1. The van der Waals surface area contributed by atoms with Gasteiger partial charge in [0.15, 0.2) is 0 Å². The first kappa shape index (κ1) is 21.0. The second kappa shape index (κ2) is 10.2. The molecule has 0 aliphatic carbocycles. The van der Waals surface area contributed by atoms with Gasteiger partial charge in [-0.1, -0.05) is 32.6 Å². The number of ether oxygens (including phenoxy) is 2. The summed E-state index contributed by atoms with van der Waals surface area (Å²) >= 11 is 0. The van der Waals surface area contributed by atoms with E-state index in [9.17, 15) is 15.0 Å². The van der Waals surface area contributed by atoms with Crippen molar-refractivity contribution in [3.8, 4) is 0 Å². The van der Waals surface area contributed by atoms with Gasteiger partial charge in [0.25, 0.3) is 0 Å². The molecule has 0 bridgehead atoms. The summed E-state index contributed by atoms with van der Waals surface area (Å²) in [7, 11) is 0. The number of rotatable bonds is 11. The molecular formula is C20H30N2O6. The molecule has 3 rings (SSSR count). The Balaban J connectivity index is 1.55. The molecule has 2 N–H and O–H groups in total. The van der Waals surface area contributed by atoms with Crippen molar-refractivity contribution >= 4 is 11.1 Å². The maximum Gasteiger partial charge on any atom is 0.353 e. The molecule has 8 nitrogen and oxygen atoms in total. The first-order chi connectivity index (χ1) is 13.6. The Morgan fingerprint density at radius 1 is 1.29 bits per heavy atom. The van der Waals surface area contributed by atoms with Crippen molar-refractivity contribution in [1.29, 1.82) is 0 Å². The van der Waals surface area contributed by atoms with Crippen LogP contribution in [0.4, 0.5) is 0 Å². The van der Waals surface area contributed by atoms with E-state index in [0.29, 0.717) is 24.2 Å². The van der Waals surface area contributed by atoms with Crippen molar-refractivity contribution in [1.82, 2.24) is 9.55 Å². The number of furan rings is 1. The highest BCUT2D eigenvalue weighted by Gasteiger charge is 2.35. The van der Waals surface area contributed by atoms with E-state index in [1.165, 1.54) is 30.3 Å². The molecule has 3 heterocycles. The maximum atomic E-state index is 12.3. The van der Waals surface area contributed by atoms with E-state index < -0.39 is 24.1 Å². The van der Waals surface area contributed by atoms with Crippen LogP contribution in [-0.2, 0) is 15.9 Å². The summed E-state index contributed by atoms with van der Waals surface area (Å²) in [5.74, 6) is 0.714. The Kier molecular flexibility index (Phi) is 7.61. The Morgan fingerprint density at radius 2 is 2.11 bits per heavy atom. The maximum absolute atomic E-state index is 12.3. The van der Waals surface area contributed by atoms with Gasteiger partial charge in [0.1, 0.15) is 18.1 Å². The molecule has 0 amide bonds. The number of unbranched alkanes of at least 4 members (excludes halogenated alkanes) is 4. The monoisotopic (exact) mass is 394 g/mol. The van der Waals surface area contributed by atoms with E-state index in [2.05, 4.69) is 11.9 Å². The molecular weight excluding hydrogens is 364 g/mol. The van der Waals surface area contributed by atoms with Crippen molar-refractivity contribution in [3.05, 3.63) is 28.5 Å². The van der Waals surface area contributed by atoms with Gasteiger partial charge < -0.3 is 24.1 Å². The molecule has 156 valence electrons. The first-order valence-corrected chi connectivity index (χ1v) is 10.2. The number of hydrogen-bond donors (Lipinski definition) is 2. The lowest BCUT2D eigenvalue weighted by atomic mass is 10.2. The lowest BCUT2D eigenvalue weighted by Crippen LogP contribution is -2.27. The van der Waals surface area contributed by atoms with Gasteiger partial charge in [-0.2, -0.15) is 4.98 Å². The zero-order chi connectivity index (χ0) is 19.9. The van der Waals surface area contributed by atoms with Crippen LogP contribution in [0.25, 0.3) is 11.1 Å². The van der Waals surface area contributed by atoms with Crippen molar-refractivity contribution in [2.24, 2.45) is 0 Å². The number of aliphatic hydroxyl groups excluding tert-OH is 2. The van der Waals surface area contributed by atoms with Crippen LogP contribution in [0.15, 0.2) is 21.5 Å². The molecule has 1 aliphatic rings. The quantitative estimate of drug-likeness (QED) is 0.562. The van der Waals surface area contributed by atoms with Crippen LogP contribution in [0.1, 0.15) is 57.4 Å². The highest BCUT2D eigenvalue weighted by atomic mass is 16.5. The Morgan fingerprint density at radius 3 is 2.86 bits per heavy atom. The van der Waals surface area contributed by atoms with E-state index >= 15 is 0 Å². The van der Waals surface area contributed by atoms with Gasteiger partial charge in [0, 0.05) is 25.6 Å². The van der Waals surface area contributed by atoms with Gasteiger partial charge in [-0.05, 0) is 12.5 Å². The molecule has 0 radical (unpaired) electrons. The third kappa shape index (κ3) is 5.20. The average molecular weight is 394 g/mol. The van der Waals surface area contributed by atoms with E-state index in [-0.39, 0.29) is 18.7 Å². The molecule has 0 spiro atoms. The zero-order valence-electron chi connectivity index (χ0n) is 16.4. The van der Waals surface area contributed by atoms with Crippen LogP contribution in [0.3, 0.4) is 0 Å². The minimum Gasteiger partial charge on any atom is -0.442 e. The summed E-state index contributed by atoms with van der Waals surface area (Å²) < 4.78 is 18.2. The van der Waals surface area contributed by atoms with Gasteiger partial charge in [-0.3, -0.25) is 4.57 Å². The van der Waals surface area contributed by atoms with Crippen molar-refractivity contribution in [2.45, 2.75) is 70.3 Å². The summed E-state index contributed by atoms with van der Waals surface area (Å²) in [4.78, 5) is 16.3. The molecule has 0 saturated carbocycles. The van der Waals surface area contributed by atoms with Crippen molar-refractivity contribution in [3.63, 3.8) is 0 Å². The minimum absolute atomic E-state index is 0.231. The average Bonchev–Trinajstić information content (AvgIpc) is 3.25. The normalized spacial score (nSPS) is 22.3. The molecule has 2 aromatic rings. The second-order valence-electron chi connectivity index (χ2n) is 7.30. The lowest BCUT2D eigenvalue weighted by Gasteiger charge is -2.13. The molecule has 28 heavy (non-hydrogen) atoms. The lowest BCUT2D eigenvalue weighted by molar-refractivity contribution is -0.0457. The number of hydrogen-bond acceptors (Lipinski definition) is 7. The molecule has 1 aliphatic heterocycles. The third-order valence-electron chi connectivity index (χ3n) is 5.07. The SMILES string of the molecule is CCCCCCCOCCc1cc2cn(C3CC(O)C(CO)O3)c(=O)nc2o1. The highest BCUT2D eigenvalue weighted by molar-refractivity contribution is 5.72. The summed E-state index contributed by atoms with van der Waals surface area (Å²) in [5, 5.41) is 19.8.